The Morgan fingerprint density at radius 3 is 1.57 bits per heavy atom. The van der Waals surface area contributed by atoms with Crippen LogP contribution in [0.1, 0.15) is 0 Å². The molecule has 0 bridgehead atoms. The molecule has 0 amide bonds. The lowest BCUT2D eigenvalue weighted by Gasteiger charge is -2.26. The molecule has 4 heteroatoms. The van der Waals surface area contributed by atoms with Crippen LogP contribution in [0.25, 0.3) is 94.0 Å². The molecule has 3 heterocycles. The number of furan rings is 2. The van der Waals surface area contributed by atoms with Crippen molar-refractivity contribution in [3.63, 3.8) is 0 Å². The number of nitrogens with zero attached hydrogens (tertiary/aromatic N) is 2. The van der Waals surface area contributed by atoms with E-state index in [-0.39, 0.29) is 0 Å². The summed E-state index contributed by atoms with van der Waals surface area (Å²) in [7, 11) is 0. The zero-order valence-corrected chi connectivity index (χ0v) is 32.5. The lowest BCUT2D eigenvalue weighted by atomic mass is 9.94. The van der Waals surface area contributed by atoms with Crippen molar-refractivity contribution in [3.8, 4) is 39.1 Å². The lowest BCUT2D eigenvalue weighted by molar-refractivity contribution is 0.645. The highest BCUT2D eigenvalue weighted by molar-refractivity contribution is 6.24. The highest BCUT2D eigenvalue weighted by Crippen LogP contribution is 2.46. The predicted molar refractivity (Wildman–Crippen MR) is 249 cm³/mol. The van der Waals surface area contributed by atoms with E-state index in [1.54, 1.807) is 0 Å². The molecule has 12 rings (SSSR count). The van der Waals surface area contributed by atoms with E-state index >= 15 is 0 Å². The molecule has 4 nitrogen and oxygen atoms in total. The smallest absolute Gasteiger partial charge is 0.213 e. The molecular weight excluding hydrogens is 733 g/mol. The fourth-order valence-electron chi connectivity index (χ4n) is 9.12. The molecule has 0 saturated heterocycles. The highest BCUT2D eigenvalue weighted by atomic mass is 16.3. The maximum atomic E-state index is 6.66. The Kier molecular flexibility index (Phi) is 7.82. The van der Waals surface area contributed by atoms with Crippen molar-refractivity contribution in [2.75, 3.05) is 4.90 Å². The summed E-state index contributed by atoms with van der Waals surface area (Å²) >= 11 is 0. The van der Waals surface area contributed by atoms with Gasteiger partial charge in [-0.3, -0.25) is 4.57 Å². The Labute approximate surface area is 346 Å². The van der Waals surface area contributed by atoms with Gasteiger partial charge in [0.25, 0.3) is 0 Å². The molecule has 0 radical (unpaired) electrons. The van der Waals surface area contributed by atoms with Crippen molar-refractivity contribution in [2.45, 2.75) is 0 Å². The Hall–Kier alpha value is -8.08. The zero-order valence-electron chi connectivity index (χ0n) is 32.5. The molecule has 0 aliphatic rings. The molecule has 0 N–H and O–H groups in total. The van der Waals surface area contributed by atoms with Crippen molar-refractivity contribution in [2.24, 2.45) is 0 Å². The summed E-state index contributed by atoms with van der Waals surface area (Å²) in [6.45, 7) is 0. The third-order valence-corrected chi connectivity index (χ3v) is 11.8. The summed E-state index contributed by atoms with van der Waals surface area (Å²) in [6.07, 6.45) is 0. The van der Waals surface area contributed by atoms with Crippen molar-refractivity contribution in [1.82, 2.24) is 4.57 Å². The number of benzene rings is 9. The molecule has 9 aromatic carbocycles. The van der Waals surface area contributed by atoms with E-state index < -0.39 is 0 Å². The second kappa shape index (κ2) is 13.8. The van der Waals surface area contributed by atoms with Crippen molar-refractivity contribution < 1.29 is 8.83 Å². The first-order chi connectivity index (χ1) is 29.8. The molecule has 12 aromatic rings. The van der Waals surface area contributed by atoms with E-state index in [1.807, 2.05) is 18.2 Å². The first-order valence-electron chi connectivity index (χ1n) is 20.3. The fourth-order valence-corrected chi connectivity index (χ4v) is 9.12. The standard InChI is InChI=1S/C56H36N2O2/c1-3-15-37(16-4-1)43-19-7-8-20-44(43)38-29-33-41(34-30-38)57(50-26-14-24-47-46-21-9-11-27-51(46)59-55(47)50)42-35-31-39(32-36-42)45-23-13-25-49-53(45)54-48-22-10-12-28-52(48)60-56(54)58(49)40-17-5-2-6-18-40/h1-36H. The SMILES string of the molecule is c1ccc(-c2ccccc2-c2ccc(N(c3ccc(-c4cccc5c4c4c6ccccc6oc4n5-c4ccccc4)cc3)c3cccc4c3oc3ccccc34)cc2)cc1. The number of fused-ring (bicyclic) bond motifs is 8. The normalized spacial score (nSPS) is 11.7. The second-order valence-electron chi connectivity index (χ2n) is 15.2. The number of rotatable bonds is 7. The molecule has 60 heavy (non-hydrogen) atoms. The molecule has 0 unspecified atom stereocenters. The minimum atomic E-state index is 0.849. The van der Waals surface area contributed by atoms with Gasteiger partial charge in [0, 0.05) is 38.6 Å². The Morgan fingerprint density at radius 1 is 0.350 bits per heavy atom. The fraction of sp³-hybridized carbons (Fsp3) is 0. The van der Waals surface area contributed by atoms with Crippen molar-refractivity contribution >= 4 is 72.0 Å². The molecule has 0 atom stereocenters. The van der Waals surface area contributed by atoms with Crippen LogP contribution in [0.3, 0.4) is 0 Å². The van der Waals surface area contributed by atoms with Crippen molar-refractivity contribution in [3.05, 3.63) is 218 Å². The lowest BCUT2D eigenvalue weighted by Crippen LogP contribution is -2.10. The van der Waals surface area contributed by atoms with E-state index in [0.29, 0.717) is 0 Å². The average molecular weight is 769 g/mol. The van der Waals surface area contributed by atoms with Gasteiger partial charge in [-0.25, -0.2) is 0 Å². The molecule has 0 spiro atoms. The summed E-state index contributed by atoms with van der Waals surface area (Å²) in [5.41, 5.74) is 15.7. The van der Waals surface area contributed by atoms with Gasteiger partial charge in [0.2, 0.25) is 5.71 Å². The van der Waals surface area contributed by atoms with E-state index in [0.717, 1.165) is 89.0 Å². The van der Waals surface area contributed by atoms with Crippen LogP contribution in [-0.4, -0.2) is 4.57 Å². The summed E-state index contributed by atoms with van der Waals surface area (Å²) in [6, 6.07) is 77.2. The zero-order chi connectivity index (χ0) is 39.6. The van der Waals surface area contributed by atoms with E-state index in [9.17, 15) is 0 Å². The van der Waals surface area contributed by atoms with Gasteiger partial charge in [-0.05, 0) is 94.0 Å². The number of hydrogen-bond donors (Lipinski definition) is 0. The van der Waals surface area contributed by atoms with Crippen LogP contribution in [0.15, 0.2) is 227 Å². The number of anilines is 3. The Morgan fingerprint density at radius 2 is 0.867 bits per heavy atom. The second-order valence-corrected chi connectivity index (χ2v) is 15.2. The molecule has 0 aliphatic heterocycles. The topological polar surface area (TPSA) is 34.5 Å². The average Bonchev–Trinajstić information content (AvgIpc) is 3.99. The number of para-hydroxylation sites is 4. The molecule has 0 aliphatic carbocycles. The van der Waals surface area contributed by atoms with Crippen LogP contribution in [0.5, 0.6) is 0 Å². The Bertz CT molecular complexity index is 3520. The predicted octanol–water partition coefficient (Wildman–Crippen LogP) is 15.9. The molecular formula is C56H36N2O2. The van der Waals surface area contributed by atoms with Gasteiger partial charge < -0.3 is 13.7 Å². The highest BCUT2D eigenvalue weighted by Gasteiger charge is 2.23. The summed E-state index contributed by atoms with van der Waals surface area (Å²) in [5.74, 6) is 0. The first-order valence-corrected chi connectivity index (χ1v) is 20.3. The summed E-state index contributed by atoms with van der Waals surface area (Å²) in [4.78, 5) is 2.32. The van der Waals surface area contributed by atoms with Crippen LogP contribution >= 0.6 is 0 Å². The number of hydrogen-bond acceptors (Lipinski definition) is 3. The van der Waals surface area contributed by atoms with Gasteiger partial charge in [0.1, 0.15) is 11.2 Å². The quantitative estimate of drug-likeness (QED) is 0.162. The van der Waals surface area contributed by atoms with Crippen LogP contribution in [0.4, 0.5) is 17.1 Å². The first kappa shape index (κ1) is 34.0. The molecule has 3 aromatic heterocycles. The molecule has 0 saturated carbocycles. The van der Waals surface area contributed by atoms with Gasteiger partial charge in [-0.15, -0.1) is 0 Å². The number of aromatic nitrogens is 1. The van der Waals surface area contributed by atoms with E-state index in [2.05, 4.69) is 210 Å². The Balaban J connectivity index is 1.02. The minimum Gasteiger partial charge on any atom is -0.454 e. The van der Waals surface area contributed by atoms with Gasteiger partial charge >= 0.3 is 0 Å². The van der Waals surface area contributed by atoms with Crippen LogP contribution < -0.4 is 4.90 Å². The van der Waals surface area contributed by atoms with Crippen LogP contribution in [0, 0.1) is 0 Å². The van der Waals surface area contributed by atoms with Crippen LogP contribution in [0.2, 0.25) is 0 Å². The third kappa shape index (κ3) is 5.39. The minimum absolute atomic E-state index is 0.849. The summed E-state index contributed by atoms with van der Waals surface area (Å²) < 4.78 is 15.5. The third-order valence-electron chi connectivity index (χ3n) is 11.8. The summed E-state index contributed by atoms with van der Waals surface area (Å²) in [5, 5.41) is 5.59. The van der Waals surface area contributed by atoms with Gasteiger partial charge in [0.05, 0.1) is 16.6 Å². The maximum Gasteiger partial charge on any atom is 0.213 e. The van der Waals surface area contributed by atoms with Gasteiger partial charge in [0.15, 0.2) is 5.58 Å². The van der Waals surface area contributed by atoms with E-state index in [4.69, 9.17) is 8.83 Å². The van der Waals surface area contributed by atoms with Gasteiger partial charge in [-0.2, -0.15) is 0 Å². The molecule has 0 fully saturated rings. The van der Waals surface area contributed by atoms with Crippen LogP contribution in [-0.2, 0) is 0 Å². The van der Waals surface area contributed by atoms with E-state index in [1.165, 1.54) is 22.1 Å². The van der Waals surface area contributed by atoms with Gasteiger partial charge in [-0.1, -0.05) is 158 Å². The van der Waals surface area contributed by atoms with Crippen molar-refractivity contribution in [1.29, 1.82) is 0 Å². The maximum absolute atomic E-state index is 6.66. The largest absolute Gasteiger partial charge is 0.454 e. The monoisotopic (exact) mass is 768 g/mol. The molecule has 282 valence electrons.